The molecule has 0 saturated heterocycles. The summed E-state index contributed by atoms with van der Waals surface area (Å²) in [5, 5.41) is 0. The van der Waals surface area contributed by atoms with Gasteiger partial charge in [0.2, 0.25) is 0 Å². The van der Waals surface area contributed by atoms with Crippen molar-refractivity contribution in [3.63, 3.8) is 0 Å². The van der Waals surface area contributed by atoms with Crippen molar-refractivity contribution in [3.8, 4) is 0 Å². The van der Waals surface area contributed by atoms with E-state index in [2.05, 4.69) is 52.2 Å². The first-order valence-electron chi connectivity index (χ1n) is 2.50. The van der Waals surface area contributed by atoms with Gasteiger partial charge in [0.15, 0.2) is 0 Å². The summed E-state index contributed by atoms with van der Waals surface area (Å²) in [4.78, 5) is 0. The van der Waals surface area contributed by atoms with Crippen molar-refractivity contribution in [2.75, 3.05) is 0 Å². The molecule has 0 aliphatic rings. The third-order valence-corrected chi connectivity index (χ3v) is 16.8. The van der Waals surface area contributed by atoms with E-state index in [9.17, 15) is 0 Å². The average molecular weight is 360 g/mol. The van der Waals surface area contributed by atoms with Gasteiger partial charge in [-0.25, -0.2) is 0 Å². The van der Waals surface area contributed by atoms with Gasteiger partial charge in [-0.15, -0.1) is 0 Å². The SMILES string of the molecule is C[CH2][Ti]([I])([I])[CH2]C. The van der Waals surface area contributed by atoms with Crippen LogP contribution in [0.5, 0.6) is 0 Å². The molecule has 0 bridgehead atoms. The molecular formula is C4H10I2Ti. The van der Waals surface area contributed by atoms with Gasteiger partial charge in [-0.3, -0.25) is 0 Å². The Hall–Kier alpha value is 2.17. The second-order valence-electron chi connectivity index (χ2n) is 1.56. The maximum absolute atomic E-state index is 2.68. The Kier molecular flexibility index (Phi) is 5.33. The number of hydrogen-bond acceptors (Lipinski definition) is 0. The Labute approximate surface area is 69.5 Å². The Morgan fingerprint density at radius 3 is 1.43 bits per heavy atom. The molecule has 0 unspecified atom stereocenters. The van der Waals surface area contributed by atoms with Gasteiger partial charge in [-0.2, -0.15) is 0 Å². The van der Waals surface area contributed by atoms with Crippen molar-refractivity contribution in [1.82, 2.24) is 0 Å². The summed E-state index contributed by atoms with van der Waals surface area (Å²) in [6.07, 6.45) is 0. The summed E-state index contributed by atoms with van der Waals surface area (Å²) < 4.78 is 2.91. The summed E-state index contributed by atoms with van der Waals surface area (Å²) in [6, 6.07) is 0. The van der Waals surface area contributed by atoms with Gasteiger partial charge in [0, 0.05) is 0 Å². The van der Waals surface area contributed by atoms with Crippen LogP contribution in [0.25, 0.3) is 0 Å². The van der Waals surface area contributed by atoms with E-state index in [1.807, 2.05) is 0 Å². The van der Waals surface area contributed by atoms with Crippen molar-refractivity contribution in [2.45, 2.75) is 23.3 Å². The van der Waals surface area contributed by atoms with Crippen LogP contribution in [-0.4, -0.2) is 0 Å². The molecule has 0 rings (SSSR count). The minimum absolute atomic E-state index is 1.14. The van der Waals surface area contributed by atoms with Crippen LogP contribution in [0, 0.1) is 0 Å². The Morgan fingerprint density at radius 2 is 1.43 bits per heavy atom. The maximum atomic E-state index is 2.68. The van der Waals surface area contributed by atoms with Crippen LogP contribution < -0.4 is 0 Å². The van der Waals surface area contributed by atoms with E-state index in [0.717, 1.165) is 0 Å². The van der Waals surface area contributed by atoms with E-state index in [0.29, 0.717) is 0 Å². The molecule has 0 amide bonds. The molecule has 0 aliphatic heterocycles. The van der Waals surface area contributed by atoms with Crippen LogP contribution in [0.15, 0.2) is 0 Å². The van der Waals surface area contributed by atoms with Crippen molar-refractivity contribution in [3.05, 3.63) is 0 Å². The molecule has 0 aromatic heterocycles. The molecule has 0 saturated carbocycles. The van der Waals surface area contributed by atoms with Crippen LogP contribution in [0.3, 0.4) is 0 Å². The minimum atomic E-state index is -1.14. The summed E-state index contributed by atoms with van der Waals surface area (Å²) in [7, 11) is -1.14. The Balaban J connectivity index is 3.36. The third-order valence-electron chi connectivity index (χ3n) is 1.03. The van der Waals surface area contributed by atoms with E-state index in [1.54, 1.807) is 0 Å². The fourth-order valence-electron chi connectivity index (χ4n) is 0.250. The van der Waals surface area contributed by atoms with Crippen molar-refractivity contribution < 1.29 is 9.09 Å². The summed E-state index contributed by atoms with van der Waals surface area (Å²) in [5.41, 5.74) is 0. The first-order chi connectivity index (χ1) is 3.12. The molecule has 44 valence electrons. The fourth-order valence-corrected chi connectivity index (χ4v) is 1.03. The molecular weight excluding hydrogens is 350 g/mol. The van der Waals surface area contributed by atoms with E-state index in [1.165, 1.54) is 9.45 Å². The molecule has 3 heteroatoms. The summed E-state index contributed by atoms with van der Waals surface area (Å²) in [6.45, 7) is 4.62. The van der Waals surface area contributed by atoms with Crippen molar-refractivity contribution >= 4 is 38.4 Å². The summed E-state index contributed by atoms with van der Waals surface area (Å²) in [5.74, 6) is 0. The van der Waals surface area contributed by atoms with Crippen LogP contribution >= 0.6 is 38.4 Å². The molecule has 0 aromatic rings. The molecule has 0 nitrogen and oxygen atoms in total. The predicted molar refractivity (Wildman–Crippen MR) is 49.0 cm³/mol. The predicted octanol–water partition coefficient (Wildman–Crippen LogP) is 3.72. The molecule has 0 atom stereocenters. The van der Waals surface area contributed by atoms with Gasteiger partial charge >= 0.3 is 70.8 Å². The zero-order valence-electron chi connectivity index (χ0n) is 4.67. The van der Waals surface area contributed by atoms with Gasteiger partial charge in [0.25, 0.3) is 0 Å². The quantitative estimate of drug-likeness (QED) is 0.521. The van der Waals surface area contributed by atoms with Gasteiger partial charge in [0.05, 0.1) is 0 Å². The van der Waals surface area contributed by atoms with E-state index < -0.39 is 9.09 Å². The monoisotopic (exact) mass is 360 g/mol. The van der Waals surface area contributed by atoms with E-state index in [4.69, 9.17) is 0 Å². The molecule has 0 fully saturated rings. The average Bonchev–Trinajstić information content (AvgIpc) is 1.68. The fraction of sp³-hybridized carbons (Fsp3) is 1.00. The van der Waals surface area contributed by atoms with Crippen molar-refractivity contribution in [1.29, 1.82) is 0 Å². The zero-order chi connectivity index (χ0) is 5.91. The number of halogens is 2. The second kappa shape index (κ2) is 4.06. The van der Waals surface area contributed by atoms with Gasteiger partial charge < -0.3 is 0 Å². The topological polar surface area (TPSA) is 0 Å². The Morgan fingerprint density at radius 1 is 1.14 bits per heavy atom. The molecule has 0 radical (unpaired) electrons. The van der Waals surface area contributed by atoms with Crippen LogP contribution in [0.4, 0.5) is 0 Å². The first kappa shape index (κ1) is 9.17. The molecule has 0 spiro atoms. The van der Waals surface area contributed by atoms with Gasteiger partial charge in [0.1, 0.15) is 0 Å². The standard InChI is InChI=1S/2C2H5.2HI.Ti/c2*1-2;;;/h2*1H2,2H3;2*1H;/q;;;;+2/p-2. The number of rotatable bonds is 2. The van der Waals surface area contributed by atoms with E-state index in [-0.39, 0.29) is 0 Å². The second-order valence-corrected chi connectivity index (χ2v) is 32.0. The van der Waals surface area contributed by atoms with Crippen LogP contribution in [0.1, 0.15) is 13.8 Å². The Bertz CT molecular complexity index is 47.7. The van der Waals surface area contributed by atoms with Gasteiger partial charge in [-0.1, -0.05) is 0 Å². The van der Waals surface area contributed by atoms with E-state index >= 15 is 0 Å². The van der Waals surface area contributed by atoms with Crippen molar-refractivity contribution in [2.24, 2.45) is 0 Å². The van der Waals surface area contributed by atoms with Gasteiger partial charge in [-0.05, 0) is 0 Å². The normalized spacial score (nSPS) is 12.0. The molecule has 0 heterocycles. The molecule has 0 N–H and O–H groups in total. The third kappa shape index (κ3) is 4.66. The molecule has 7 heavy (non-hydrogen) atoms. The van der Waals surface area contributed by atoms with Crippen LogP contribution in [-0.2, 0) is 9.09 Å². The first-order valence-corrected chi connectivity index (χ1v) is 14.8. The number of hydrogen-bond donors (Lipinski definition) is 0. The summed E-state index contributed by atoms with van der Waals surface area (Å²) >= 11 is 5.36. The molecule has 0 aliphatic carbocycles. The molecule has 0 aromatic carbocycles. The van der Waals surface area contributed by atoms with Crippen LogP contribution in [0.2, 0.25) is 9.45 Å². The zero-order valence-corrected chi connectivity index (χ0v) is 10.5.